The Hall–Kier alpha value is -0.650. The summed E-state index contributed by atoms with van der Waals surface area (Å²) in [6, 6.07) is 8.40. The Morgan fingerprint density at radius 2 is 2.19 bits per heavy atom. The fourth-order valence-corrected chi connectivity index (χ4v) is 2.86. The second kappa shape index (κ2) is 8.71. The van der Waals surface area contributed by atoms with Gasteiger partial charge in [-0.2, -0.15) is 0 Å². The third kappa shape index (κ3) is 5.24. The van der Waals surface area contributed by atoms with Gasteiger partial charge in [-0.15, -0.1) is 0 Å². The first kappa shape index (κ1) is 16.7. The Labute approximate surface area is 132 Å². The third-order valence-electron chi connectivity index (χ3n) is 3.88. The summed E-state index contributed by atoms with van der Waals surface area (Å²) in [5.41, 5.74) is 1.27. The number of benzene rings is 1. The predicted octanol–water partition coefficient (Wildman–Crippen LogP) is 2.07. The molecule has 21 heavy (non-hydrogen) atoms. The van der Waals surface area contributed by atoms with Crippen molar-refractivity contribution in [3.05, 3.63) is 34.9 Å². The van der Waals surface area contributed by atoms with Crippen molar-refractivity contribution < 1.29 is 9.84 Å². The topological polar surface area (TPSA) is 44.7 Å². The lowest BCUT2D eigenvalue weighted by Gasteiger charge is -2.33. The van der Waals surface area contributed by atoms with E-state index in [1.54, 1.807) is 0 Å². The number of ether oxygens (including phenoxy) is 1. The number of nitrogens with one attached hydrogen (secondary N) is 1. The fourth-order valence-electron chi connectivity index (χ4n) is 2.73. The van der Waals surface area contributed by atoms with Crippen molar-refractivity contribution in [2.24, 2.45) is 0 Å². The molecule has 1 aromatic carbocycles. The van der Waals surface area contributed by atoms with Gasteiger partial charge in [0, 0.05) is 30.7 Å². The maximum Gasteiger partial charge on any atom is 0.0932 e. The molecular formula is C16H25ClN2O2. The van der Waals surface area contributed by atoms with E-state index < -0.39 is 0 Å². The molecule has 118 valence electrons. The van der Waals surface area contributed by atoms with E-state index in [0.717, 1.165) is 37.6 Å². The molecule has 0 aromatic heterocycles. The molecule has 1 heterocycles. The summed E-state index contributed by atoms with van der Waals surface area (Å²) >= 11 is 5.96. The second-order valence-corrected chi connectivity index (χ2v) is 5.86. The smallest absolute Gasteiger partial charge is 0.0932 e. The molecule has 1 fully saturated rings. The van der Waals surface area contributed by atoms with Crippen molar-refractivity contribution in [2.75, 3.05) is 39.4 Å². The van der Waals surface area contributed by atoms with Crippen LogP contribution in [0.2, 0.25) is 5.02 Å². The van der Waals surface area contributed by atoms with Gasteiger partial charge in [0.15, 0.2) is 0 Å². The van der Waals surface area contributed by atoms with Crippen molar-refractivity contribution in [3.8, 4) is 0 Å². The van der Waals surface area contributed by atoms with E-state index in [0.29, 0.717) is 12.6 Å². The van der Waals surface area contributed by atoms with Crippen LogP contribution >= 0.6 is 11.6 Å². The van der Waals surface area contributed by atoms with Gasteiger partial charge in [-0.05, 0) is 30.7 Å². The van der Waals surface area contributed by atoms with Crippen LogP contribution < -0.4 is 5.32 Å². The Bertz CT molecular complexity index is 413. The number of aliphatic hydroxyl groups excluding tert-OH is 1. The average molecular weight is 313 g/mol. The molecule has 2 unspecified atom stereocenters. The van der Waals surface area contributed by atoms with Gasteiger partial charge in [-0.3, -0.25) is 4.90 Å². The zero-order valence-corrected chi connectivity index (χ0v) is 13.4. The van der Waals surface area contributed by atoms with Gasteiger partial charge in [-0.25, -0.2) is 0 Å². The van der Waals surface area contributed by atoms with Crippen molar-refractivity contribution in [2.45, 2.75) is 25.5 Å². The molecule has 0 saturated carbocycles. The van der Waals surface area contributed by atoms with E-state index in [1.807, 2.05) is 12.1 Å². The number of hydrogen-bond donors (Lipinski definition) is 2. The molecule has 2 N–H and O–H groups in total. The molecule has 1 aliphatic rings. The summed E-state index contributed by atoms with van der Waals surface area (Å²) in [5, 5.41) is 13.5. The molecule has 0 radical (unpaired) electrons. The highest BCUT2D eigenvalue weighted by Gasteiger charge is 2.20. The quantitative estimate of drug-likeness (QED) is 0.809. The van der Waals surface area contributed by atoms with Crippen molar-refractivity contribution in [3.63, 3.8) is 0 Å². The maximum absolute atomic E-state index is 9.20. The van der Waals surface area contributed by atoms with Gasteiger partial charge in [0.1, 0.15) is 0 Å². The Morgan fingerprint density at radius 1 is 1.43 bits per heavy atom. The maximum atomic E-state index is 9.20. The fraction of sp³-hybridized carbons (Fsp3) is 0.625. The minimum atomic E-state index is -0.0353. The van der Waals surface area contributed by atoms with Crippen LogP contribution in [0.15, 0.2) is 24.3 Å². The molecular weight excluding hydrogens is 288 g/mol. The summed E-state index contributed by atoms with van der Waals surface area (Å²) in [6.45, 7) is 6.63. The van der Waals surface area contributed by atoms with Gasteiger partial charge < -0.3 is 15.2 Å². The highest BCUT2D eigenvalue weighted by atomic mass is 35.5. The van der Waals surface area contributed by atoms with E-state index >= 15 is 0 Å². The minimum absolute atomic E-state index is 0.0353. The first-order valence-electron chi connectivity index (χ1n) is 7.66. The summed E-state index contributed by atoms with van der Waals surface area (Å²) in [6.07, 6.45) is 1.00. The van der Waals surface area contributed by atoms with Gasteiger partial charge >= 0.3 is 0 Å². The van der Waals surface area contributed by atoms with Crippen LogP contribution in [0.25, 0.3) is 0 Å². The van der Waals surface area contributed by atoms with Crippen molar-refractivity contribution in [1.29, 1.82) is 0 Å². The van der Waals surface area contributed by atoms with Gasteiger partial charge in [0.25, 0.3) is 0 Å². The van der Waals surface area contributed by atoms with Crippen LogP contribution in [0.5, 0.6) is 0 Å². The monoisotopic (exact) mass is 312 g/mol. The lowest BCUT2D eigenvalue weighted by Crippen LogP contribution is -2.44. The number of nitrogens with zero attached hydrogens (tertiary/aromatic N) is 1. The van der Waals surface area contributed by atoms with Crippen LogP contribution in [-0.2, 0) is 4.74 Å². The predicted molar refractivity (Wildman–Crippen MR) is 85.8 cm³/mol. The van der Waals surface area contributed by atoms with Crippen molar-refractivity contribution >= 4 is 11.6 Å². The van der Waals surface area contributed by atoms with Crippen LogP contribution in [0.1, 0.15) is 24.9 Å². The Kier molecular flexibility index (Phi) is 6.93. The summed E-state index contributed by atoms with van der Waals surface area (Å²) in [4.78, 5) is 2.37. The molecule has 5 heteroatoms. The molecule has 2 rings (SSSR count). The lowest BCUT2D eigenvalue weighted by molar-refractivity contribution is -0.0533. The number of morpholine rings is 1. The summed E-state index contributed by atoms with van der Waals surface area (Å²) < 4.78 is 5.49. The lowest BCUT2D eigenvalue weighted by atomic mass is 10.0. The zero-order valence-electron chi connectivity index (χ0n) is 12.6. The van der Waals surface area contributed by atoms with Crippen LogP contribution in [0, 0.1) is 0 Å². The first-order valence-corrected chi connectivity index (χ1v) is 8.04. The standard InChI is InChI=1S/C16H25ClN2O2/c1-2-18-16(13-3-5-14(17)6-4-13)7-8-19-9-10-21-15(11-19)12-20/h3-6,15-16,18,20H,2,7-12H2,1H3. The molecule has 0 bridgehead atoms. The van der Waals surface area contributed by atoms with Crippen LogP contribution in [0.4, 0.5) is 0 Å². The minimum Gasteiger partial charge on any atom is -0.394 e. The molecule has 0 aliphatic carbocycles. The Balaban J connectivity index is 1.89. The normalized spacial score (nSPS) is 21.4. The van der Waals surface area contributed by atoms with E-state index in [1.165, 1.54) is 5.56 Å². The third-order valence-corrected chi connectivity index (χ3v) is 4.14. The number of halogens is 1. The van der Waals surface area contributed by atoms with Gasteiger partial charge in [0.05, 0.1) is 19.3 Å². The van der Waals surface area contributed by atoms with Gasteiger partial charge in [0.2, 0.25) is 0 Å². The molecule has 1 aromatic rings. The number of rotatable bonds is 7. The Morgan fingerprint density at radius 3 is 2.86 bits per heavy atom. The summed E-state index contributed by atoms with van der Waals surface area (Å²) in [7, 11) is 0. The van der Waals surface area contributed by atoms with E-state index in [9.17, 15) is 5.11 Å². The zero-order chi connectivity index (χ0) is 15.1. The highest BCUT2D eigenvalue weighted by molar-refractivity contribution is 6.30. The van der Waals surface area contributed by atoms with Crippen LogP contribution in [0.3, 0.4) is 0 Å². The molecule has 4 nitrogen and oxygen atoms in total. The largest absolute Gasteiger partial charge is 0.394 e. The average Bonchev–Trinajstić information content (AvgIpc) is 2.52. The number of aliphatic hydroxyl groups is 1. The SMILES string of the molecule is CCNC(CCN1CCOC(CO)C1)c1ccc(Cl)cc1. The van der Waals surface area contributed by atoms with Crippen LogP contribution in [-0.4, -0.2) is 55.5 Å². The molecule has 0 amide bonds. The first-order chi connectivity index (χ1) is 10.2. The van der Waals surface area contributed by atoms with Crippen molar-refractivity contribution in [1.82, 2.24) is 10.2 Å². The summed E-state index contributed by atoms with van der Waals surface area (Å²) in [5.74, 6) is 0. The van der Waals surface area contributed by atoms with E-state index in [-0.39, 0.29) is 12.7 Å². The van der Waals surface area contributed by atoms with E-state index in [2.05, 4.69) is 29.3 Å². The van der Waals surface area contributed by atoms with E-state index in [4.69, 9.17) is 16.3 Å². The number of hydrogen-bond acceptors (Lipinski definition) is 4. The molecule has 1 saturated heterocycles. The molecule has 0 spiro atoms. The highest BCUT2D eigenvalue weighted by Crippen LogP contribution is 2.20. The second-order valence-electron chi connectivity index (χ2n) is 5.43. The molecule has 1 aliphatic heterocycles. The van der Waals surface area contributed by atoms with Gasteiger partial charge in [-0.1, -0.05) is 30.7 Å². The molecule has 2 atom stereocenters.